The van der Waals surface area contributed by atoms with Crippen LogP contribution in [0.4, 0.5) is 10.5 Å². The number of likely N-dealkylation sites (N-methyl/N-ethyl adjacent to an activating group) is 1. The molecule has 0 aromatic heterocycles. The zero-order valence-electron chi connectivity index (χ0n) is 11.8. The van der Waals surface area contributed by atoms with Gasteiger partial charge in [-0.1, -0.05) is 26.0 Å². The molecule has 0 fully saturated rings. The number of nitrogens with zero attached hydrogens (tertiary/aromatic N) is 1. The van der Waals surface area contributed by atoms with Gasteiger partial charge in [0, 0.05) is 13.1 Å². The Labute approximate surface area is 118 Å². The van der Waals surface area contributed by atoms with E-state index in [-0.39, 0.29) is 5.91 Å². The molecule has 0 heterocycles. The number of rotatable bonds is 7. The van der Waals surface area contributed by atoms with E-state index < -0.39 is 6.09 Å². The van der Waals surface area contributed by atoms with Crippen LogP contribution in [-0.2, 0) is 0 Å². The topological polar surface area (TPSA) is 81.7 Å². The Morgan fingerprint density at radius 2 is 1.85 bits per heavy atom. The quantitative estimate of drug-likeness (QED) is 0.711. The Hall–Kier alpha value is -2.08. The van der Waals surface area contributed by atoms with Crippen LogP contribution in [0.2, 0.25) is 0 Å². The third kappa shape index (κ3) is 4.89. The third-order valence-corrected chi connectivity index (χ3v) is 3.02. The predicted molar refractivity (Wildman–Crippen MR) is 78.2 cm³/mol. The molecule has 1 aromatic rings. The molecule has 0 aliphatic heterocycles. The Bertz CT molecular complexity index is 459. The lowest BCUT2D eigenvalue weighted by atomic mass is 10.1. The second-order valence-electron chi connectivity index (χ2n) is 4.26. The SMILES string of the molecule is CCN(CC)CCNC(=O)c1ccccc1NC(=O)O. The van der Waals surface area contributed by atoms with Crippen LogP contribution in [0.3, 0.4) is 0 Å². The van der Waals surface area contributed by atoms with Crippen molar-refractivity contribution < 1.29 is 14.7 Å². The van der Waals surface area contributed by atoms with Crippen LogP contribution < -0.4 is 10.6 Å². The highest BCUT2D eigenvalue weighted by Gasteiger charge is 2.12. The minimum atomic E-state index is -1.19. The second kappa shape index (κ2) is 8.16. The predicted octanol–water partition coefficient (Wildman–Crippen LogP) is 1.85. The average Bonchev–Trinajstić information content (AvgIpc) is 2.43. The molecule has 0 aliphatic carbocycles. The van der Waals surface area contributed by atoms with Crippen LogP contribution in [0.1, 0.15) is 24.2 Å². The lowest BCUT2D eigenvalue weighted by molar-refractivity contribution is 0.0950. The molecule has 110 valence electrons. The number of carboxylic acid groups (broad SMARTS) is 1. The number of anilines is 1. The number of carbonyl (C=O) groups is 2. The molecular formula is C14H21N3O3. The number of carbonyl (C=O) groups excluding carboxylic acids is 1. The maximum Gasteiger partial charge on any atom is 0.409 e. The molecule has 20 heavy (non-hydrogen) atoms. The smallest absolute Gasteiger partial charge is 0.409 e. The van der Waals surface area contributed by atoms with Crippen LogP contribution in [0.15, 0.2) is 24.3 Å². The molecule has 3 N–H and O–H groups in total. The Morgan fingerprint density at radius 3 is 2.45 bits per heavy atom. The fraction of sp³-hybridized carbons (Fsp3) is 0.429. The van der Waals surface area contributed by atoms with Gasteiger partial charge in [0.05, 0.1) is 11.3 Å². The number of hydrogen-bond acceptors (Lipinski definition) is 3. The molecule has 1 rings (SSSR count). The van der Waals surface area contributed by atoms with E-state index in [9.17, 15) is 9.59 Å². The van der Waals surface area contributed by atoms with Gasteiger partial charge in [-0.05, 0) is 25.2 Å². The van der Waals surface area contributed by atoms with Crippen molar-refractivity contribution in [2.24, 2.45) is 0 Å². The van der Waals surface area contributed by atoms with Gasteiger partial charge >= 0.3 is 6.09 Å². The minimum Gasteiger partial charge on any atom is -0.465 e. The van der Waals surface area contributed by atoms with E-state index in [1.54, 1.807) is 24.3 Å². The molecule has 0 saturated heterocycles. The highest BCUT2D eigenvalue weighted by Crippen LogP contribution is 2.14. The van der Waals surface area contributed by atoms with E-state index in [4.69, 9.17) is 5.11 Å². The minimum absolute atomic E-state index is 0.276. The normalized spacial score (nSPS) is 10.3. The molecule has 0 saturated carbocycles. The van der Waals surface area contributed by atoms with Crippen molar-refractivity contribution in [2.75, 3.05) is 31.5 Å². The van der Waals surface area contributed by atoms with E-state index in [1.165, 1.54) is 0 Å². The molecule has 0 atom stereocenters. The van der Waals surface area contributed by atoms with Crippen molar-refractivity contribution in [1.29, 1.82) is 0 Å². The molecular weight excluding hydrogens is 258 g/mol. The first-order chi connectivity index (χ1) is 9.58. The molecule has 6 nitrogen and oxygen atoms in total. The summed E-state index contributed by atoms with van der Waals surface area (Å²) in [6.45, 7) is 7.30. The molecule has 1 aromatic carbocycles. The van der Waals surface area contributed by atoms with E-state index in [0.29, 0.717) is 17.8 Å². The summed E-state index contributed by atoms with van der Waals surface area (Å²) in [5, 5.41) is 13.8. The molecule has 0 unspecified atom stereocenters. The summed E-state index contributed by atoms with van der Waals surface area (Å²) >= 11 is 0. The van der Waals surface area contributed by atoms with Gasteiger partial charge in [-0.2, -0.15) is 0 Å². The van der Waals surface area contributed by atoms with Gasteiger partial charge in [-0.25, -0.2) is 4.79 Å². The molecule has 6 heteroatoms. The van der Waals surface area contributed by atoms with E-state index >= 15 is 0 Å². The number of amides is 2. The van der Waals surface area contributed by atoms with Gasteiger partial charge < -0.3 is 15.3 Å². The monoisotopic (exact) mass is 279 g/mol. The number of hydrogen-bond donors (Lipinski definition) is 3. The van der Waals surface area contributed by atoms with Crippen LogP contribution in [-0.4, -0.2) is 48.2 Å². The standard InChI is InChI=1S/C14H21N3O3/c1-3-17(4-2)10-9-15-13(18)11-7-5-6-8-12(11)16-14(19)20/h5-8,16H,3-4,9-10H2,1-2H3,(H,15,18)(H,19,20). The van der Waals surface area contributed by atoms with Gasteiger partial charge in [-0.3, -0.25) is 10.1 Å². The largest absolute Gasteiger partial charge is 0.465 e. The van der Waals surface area contributed by atoms with Gasteiger partial charge in [0.25, 0.3) is 5.91 Å². The third-order valence-electron chi connectivity index (χ3n) is 3.02. The summed E-state index contributed by atoms with van der Waals surface area (Å²) in [5.41, 5.74) is 0.620. The first-order valence-corrected chi connectivity index (χ1v) is 6.68. The summed E-state index contributed by atoms with van der Waals surface area (Å²) < 4.78 is 0. The Balaban J connectivity index is 2.61. The maximum atomic E-state index is 12.0. The first kappa shape index (κ1) is 16.0. The van der Waals surface area contributed by atoms with Crippen molar-refractivity contribution in [1.82, 2.24) is 10.2 Å². The van der Waals surface area contributed by atoms with E-state index in [1.807, 2.05) is 0 Å². The molecule has 0 radical (unpaired) electrons. The Kier molecular flexibility index (Phi) is 6.52. The molecule has 0 spiro atoms. The van der Waals surface area contributed by atoms with Crippen molar-refractivity contribution in [2.45, 2.75) is 13.8 Å². The molecule has 2 amide bonds. The lowest BCUT2D eigenvalue weighted by Gasteiger charge is -2.18. The van der Waals surface area contributed by atoms with Crippen LogP contribution >= 0.6 is 0 Å². The highest BCUT2D eigenvalue weighted by molar-refractivity contribution is 6.02. The maximum absolute atomic E-state index is 12.0. The van der Waals surface area contributed by atoms with Crippen molar-refractivity contribution in [3.05, 3.63) is 29.8 Å². The van der Waals surface area contributed by atoms with Gasteiger partial charge in [-0.15, -0.1) is 0 Å². The van der Waals surface area contributed by atoms with E-state index in [2.05, 4.69) is 29.4 Å². The van der Waals surface area contributed by atoms with Gasteiger partial charge in [0.2, 0.25) is 0 Å². The Morgan fingerprint density at radius 1 is 1.20 bits per heavy atom. The number of nitrogens with one attached hydrogen (secondary N) is 2. The lowest BCUT2D eigenvalue weighted by Crippen LogP contribution is -2.35. The summed E-state index contributed by atoms with van der Waals surface area (Å²) in [5.74, 6) is -0.276. The van der Waals surface area contributed by atoms with Crippen LogP contribution in [0, 0.1) is 0 Å². The van der Waals surface area contributed by atoms with Crippen LogP contribution in [0.5, 0.6) is 0 Å². The number of benzene rings is 1. The second-order valence-corrected chi connectivity index (χ2v) is 4.26. The molecule has 0 aliphatic rings. The van der Waals surface area contributed by atoms with Crippen molar-refractivity contribution in [3.63, 3.8) is 0 Å². The van der Waals surface area contributed by atoms with Gasteiger partial charge in [0.15, 0.2) is 0 Å². The zero-order chi connectivity index (χ0) is 15.0. The summed E-state index contributed by atoms with van der Waals surface area (Å²) in [6.07, 6.45) is -1.19. The average molecular weight is 279 g/mol. The highest BCUT2D eigenvalue weighted by atomic mass is 16.4. The summed E-state index contributed by atoms with van der Waals surface area (Å²) in [4.78, 5) is 24.9. The van der Waals surface area contributed by atoms with Crippen molar-refractivity contribution in [3.8, 4) is 0 Å². The van der Waals surface area contributed by atoms with Crippen LogP contribution in [0.25, 0.3) is 0 Å². The van der Waals surface area contributed by atoms with Crippen molar-refractivity contribution >= 4 is 17.7 Å². The van der Waals surface area contributed by atoms with E-state index in [0.717, 1.165) is 19.6 Å². The summed E-state index contributed by atoms with van der Waals surface area (Å²) in [6, 6.07) is 6.54. The zero-order valence-corrected chi connectivity index (χ0v) is 11.8. The summed E-state index contributed by atoms with van der Waals surface area (Å²) in [7, 11) is 0. The fourth-order valence-electron chi connectivity index (χ4n) is 1.87. The molecule has 0 bridgehead atoms. The number of para-hydroxylation sites is 1. The fourth-order valence-corrected chi connectivity index (χ4v) is 1.87. The first-order valence-electron chi connectivity index (χ1n) is 6.68. The van der Waals surface area contributed by atoms with Gasteiger partial charge in [0.1, 0.15) is 0 Å².